The van der Waals surface area contributed by atoms with Crippen LogP contribution in [0.4, 0.5) is 0 Å². The molecular formula is C13H29N3. The summed E-state index contributed by atoms with van der Waals surface area (Å²) in [7, 11) is 6.53. The summed E-state index contributed by atoms with van der Waals surface area (Å²) in [6.07, 6.45) is 5.49. The molecule has 1 saturated heterocycles. The van der Waals surface area contributed by atoms with Crippen molar-refractivity contribution in [2.45, 2.75) is 44.7 Å². The zero-order valence-electron chi connectivity index (χ0n) is 11.5. The van der Waals surface area contributed by atoms with Crippen molar-refractivity contribution in [3.05, 3.63) is 0 Å². The van der Waals surface area contributed by atoms with Crippen molar-refractivity contribution in [2.24, 2.45) is 0 Å². The molecule has 0 radical (unpaired) electrons. The highest BCUT2D eigenvalue weighted by atomic mass is 15.1. The van der Waals surface area contributed by atoms with Crippen LogP contribution in [0.2, 0.25) is 0 Å². The highest BCUT2D eigenvalue weighted by molar-refractivity contribution is 4.75. The van der Waals surface area contributed by atoms with Crippen LogP contribution in [0.1, 0.15) is 32.6 Å². The molecule has 1 aliphatic rings. The number of piperidine rings is 1. The number of nitrogens with zero attached hydrogens (tertiary/aromatic N) is 2. The quantitative estimate of drug-likeness (QED) is 0.740. The monoisotopic (exact) mass is 227 g/mol. The molecule has 2 atom stereocenters. The van der Waals surface area contributed by atoms with E-state index in [-0.39, 0.29) is 0 Å². The Labute approximate surface area is 101 Å². The highest BCUT2D eigenvalue weighted by Gasteiger charge is 2.18. The fraction of sp³-hybridized carbons (Fsp3) is 1.00. The van der Waals surface area contributed by atoms with Crippen LogP contribution in [0.3, 0.4) is 0 Å². The molecule has 0 aromatic rings. The molecule has 3 nitrogen and oxygen atoms in total. The Balaban J connectivity index is 2.09. The van der Waals surface area contributed by atoms with E-state index in [4.69, 9.17) is 0 Å². The third-order valence-electron chi connectivity index (χ3n) is 3.53. The Bertz CT molecular complexity index is 182. The molecule has 0 aromatic heterocycles. The van der Waals surface area contributed by atoms with Crippen LogP contribution in [0.15, 0.2) is 0 Å². The molecule has 0 aliphatic carbocycles. The van der Waals surface area contributed by atoms with Crippen LogP contribution in [0.5, 0.6) is 0 Å². The molecule has 3 heteroatoms. The number of likely N-dealkylation sites (tertiary alicyclic amines) is 1. The van der Waals surface area contributed by atoms with Gasteiger partial charge in [-0.3, -0.25) is 0 Å². The SMILES string of the molecule is CC(CN(C)C)NCCC1CCCCN1C. The molecule has 0 amide bonds. The van der Waals surface area contributed by atoms with Crippen LogP contribution < -0.4 is 5.32 Å². The molecule has 0 saturated carbocycles. The van der Waals surface area contributed by atoms with E-state index >= 15 is 0 Å². The van der Waals surface area contributed by atoms with Gasteiger partial charge in [0.15, 0.2) is 0 Å². The summed E-state index contributed by atoms with van der Waals surface area (Å²) in [5.74, 6) is 0. The van der Waals surface area contributed by atoms with E-state index in [0.717, 1.165) is 19.1 Å². The van der Waals surface area contributed by atoms with E-state index < -0.39 is 0 Å². The average Bonchev–Trinajstić information content (AvgIpc) is 2.19. The Morgan fingerprint density at radius 1 is 1.38 bits per heavy atom. The van der Waals surface area contributed by atoms with Crippen LogP contribution in [-0.2, 0) is 0 Å². The summed E-state index contributed by atoms with van der Waals surface area (Å²) < 4.78 is 0. The lowest BCUT2D eigenvalue weighted by molar-refractivity contribution is 0.174. The van der Waals surface area contributed by atoms with Gasteiger partial charge in [0, 0.05) is 18.6 Å². The standard InChI is InChI=1S/C13H29N3/c1-12(11-15(2)3)14-9-8-13-7-5-6-10-16(13)4/h12-14H,5-11H2,1-4H3. The van der Waals surface area contributed by atoms with Gasteiger partial charge in [0.2, 0.25) is 0 Å². The van der Waals surface area contributed by atoms with Gasteiger partial charge in [0.05, 0.1) is 0 Å². The minimum atomic E-state index is 0.601. The number of hydrogen-bond acceptors (Lipinski definition) is 3. The third-order valence-corrected chi connectivity index (χ3v) is 3.53. The summed E-state index contributed by atoms with van der Waals surface area (Å²) in [5, 5.41) is 3.61. The summed E-state index contributed by atoms with van der Waals surface area (Å²) in [6, 6.07) is 1.41. The molecule has 1 aliphatic heterocycles. The second-order valence-electron chi connectivity index (χ2n) is 5.54. The summed E-state index contributed by atoms with van der Waals surface area (Å²) in [5.41, 5.74) is 0. The highest BCUT2D eigenvalue weighted by Crippen LogP contribution is 2.17. The normalized spacial score (nSPS) is 24.9. The molecule has 0 spiro atoms. The lowest BCUT2D eigenvalue weighted by atomic mass is 10.00. The van der Waals surface area contributed by atoms with Crippen molar-refractivity contribution >= 4 is 0 Å². The summed E-state index contributed by atoms with van der Waals surface area (Å²) >= 11 is 0. The van der Waals surface area contributed by atoms with E-state index in [1.54, 1.807) is 0 Å². The molecule has 1 rings (SSSR count). The first-order chi connectivity index (χ1) is 7.59. The van der Waals surface area contributed by atoms with E-state index in [2.05, 4.69) is 43.2 Å². The van der Waals surface area contributed by atoms with Gasteiger partial charge in [-0.15, -0.1) is 0 Å². The van der Waals surface area contributed by atoms with Gasteiger partial charge in [-0.25, -0.2) is 0 Å². The minimum Gasteiger partial charge on any atom is -0.313 e. The second-order valence-corrected chi connectivity index (χ2v) is 5.54. The Kier molecular flexibility index (Phi) is 6.32. The van der Waals surface area contributed by atoms with Gasteiger partial charge in [-0.1, -0.05) is 6.42 Å². The van der Waals surface area contributed by atoms with Gasteiger partial charge in [-0.2, -0.15) is 0 Å². The van der Waals surface area contributed by atoms with Crippen LogP contribution >= 0.6 is 0 Å². The Hall–Kier alpha value is -0.120. The first-order valence-corrected chi connectivity index (χ1v) is 6.68. The predicted molar refractivity (Wildman–Crippen MR) is 70.9 cm³/mol. The lowest BCUT2D eigenvalue weighted by Gasteiger charge is -2.33. The van der Waals surface area contributed by atoms with Crippen molar-refractivity contribution in [1.82, 2.24) is 15.1 Å². The van der Waals surface area contributed by atoms with E-state index in [1.165, 1.54) is 32.2 Å². The van der Waals surface area contributed by atoms with Gasteiger partial charge in [0.25, 0.3) is 0 Å². The zero-order chi connectivity index (χ0) is 12.0. The number of rotatable bonds is 6. The fourth-order valence-corrected chi connectivity index (χ4v) is 2.62. The smallest absolute Gasteiger partial charge is 0.0166 e. The van der Waals surface area contributed by atoms with Gasteiger partial charge < -0.3 is 15.1 Å². The van der Waals surface area contributed by atoms with Crippen molar-refractivity contribution in [3.8, 4) is 0 Å². The number of hydrogen-bond donors (Lipinski definition) is 1. The molecule has 96 valence electrons. The van der Waals surface area contributed by atoms with Crippen molar-refractivity contribution < 1.29 is 0 Å². The molecule has 1 heterocycles. The van der Waals surface area contributed by atoms with Gasteiger partial charge in [-0.05, 0) is 60.4 Å². The number of likely N-dealkylation sites (N-methyl/N-ethyl adjacent to an activating group) is 1. The molecule has 0 bridgehead atoms. The molecule has 2 unspecified atom stereocenters. The Morgan fingerprint density at radius 3 is 2.75 bits per heavy atom. The van der Waals surface area contributed by atoms with Crippen molar-refractivity contribution in [1.29, 1.82) is 0 Å². The van der Waals surface area contributed by atoms with Crippen LogP contribution in [0, 0.1) is 0 Å². The fourth-order valence-electron chi connectivity index (χ4n) is 2.62. The first-order valence-electron chi connectivity index (χ1n) is 6.68. The second kappa shape index (κ2) is 7.25. The maximum atomic E-state index is 3.61. The van der Waals surface area contributed by atoms with Gasteiger partial charge >= 0.3 is 0 Å². The first kappa shape index (κ1) is 13.9. The third kappa shape index (κ3) is 5.28. The van der Waals surface area contributed by atoms with Crippen molar-refractivity contribution in [3.63, 3.8) is 0 Å². The van der Waals surface area contributed by atoms with E-state index in [9.17, 15) is 0 Å². The van der Waals surface area contributed by atoms with Crippen molar-refractivity contribution in [2.75, 3.05) is 40.8 Å². The number of nitrogens with one attached hydrogen (secondary N) is 1. The largest absolute Gasteiger partial charge is 0.313 e. The maximum Gasteiger partial charge on any atom is 0.0166 e. The van der Waals surface area contributed by atoms with Crippen LogP contribution in [-0.4, -0.2) is 62.7 Å². The van der Waals surface area contributed by atoms with E-state index in [1.807, 2.05) is 0 Å². The summed E-state index contributed by atoms with van der Waals surface area (Å²) in [6.45, 7) is 5.84. The lowest BCUT2D eigenvalue weighted by Crippen LogP contribution is -2.41. The molecular weight excluding hydrogens is 198 g/mol. The Morgan fingerprint density at radius 2 is 2.12 bits per heavy atom. The van der Waals surface area contributed by atoms with Crippen LogP contribution in [0.25, 0.3) is 0 Å². The average molecular weight is 227 g/mol. The maximum absolute atomic E-state index is 3.61. The molecule has 16 heavy (non-hydrogen) atoms. The summed E-state index contributed by atoms with van der Waals surface area (Å²) in [4.78, 5) is 4.77. The molecule has 0 aromatic carbocycles. The zero-order valence-corrected chi connectivity index (χ0v) is 11.5. The van der Waals surface area contributed by atoms with E-state index in [0.29, 0.717) is 6.04 Å². The topological polar surface area (TPSA) is 18.5 Å². The minimum absolute atomic E-state index is 0.601. The predicted octanol–water partition coefficient (Wildman–Crippen LogP) is 1.40. The molecule has 1 fully saturated rings. The van der Waals surface area contributed by atoms with Gasteiger partial charge in [0.1, 0.15) is 0 Å². The molecule has 1 N–H and O–H groups in total.